The molecule has 0 bridgehead atoms. The quantitative estimate of drug-likeness (QED) is 0.841. The van der Waals surface area contributed by atoms with Crippen LogP contribution in [0.2, 0.25) is 5.02 Å². The maximum atomic E-state index is 12.4. The first kappa shape index (κ1) is 18.9. The van der Waals surface area contributed by atoms with Crippen molar-refractivity contribution in [2.75, 3.05) is 38.0 Å². The molecule has 0 aromatic heterocycles. The molecule has 0 radical (unpaired) electrons. The molecule has 0 saturated carbocycles. The van der Waals surface area contributed by atoms with Gasteiger partial charge in [-0.05, 0) is 35.7 Å². The average Bonchev–Trinajstić information content (AvgIpc) is 2.64. The van der Waals surface area contributed by atoms with Gasteiger partial charge in [0.05, 0.1) is 6.54 Å². The largest absolute Gasteiger partial charge is 0.325 e. The van der Waals surface area contributed by atoms with Crippen LogP contribution in [0.3, 0.4) is 0 Å². The van der Waals surface area contributed by atoms with Crippen molar-refractivity contribution in [1.82, 2.24) is 9.80 Å². The maximum absolute atomic E-state index is 12.4. The third kappa shape index (κ3) is 5.31. The Morgan fingerprint density at radius 2 is 1.77 bits per heavy atom. The number of nitrogens with one attached hydrogen (secondary N) is 1. The number of hydrogen-bond donors (Lipinski definition) is 1. The molecule has 1 amide bonds. The van der Waals surface area contributed by atoms with Crippen molar-refractivity contribution in [3.63, 3.8) is 0 Å². The highest BCUT2D eigenvalue weighted by Crippen LogP contribution is 2.16. The van der Waals surface area contributed by atoms with Gasteiger partial charge in [-0.1, -0.05) is 48.9 Å². The minimum Gasteiger partial charge on any atom is -0.325 e. The fourth-order valence-corrected chi connectivity index (χ4v) is 3.56. The maximum Gasteiger partial charge on any atom is 0.238 e. The Hall–Kier alpha value is -1.88. The molecular weight excluding hydrogens is 346 g/mol. The molecule has 1 saturated heterocycles. The number of rotatable bonds is 6. The lowest BCUT2D eigenvalue weighted by Crippen LogP contribution is -2.48. The highest BCUT2D eigenvalue weighted by molar-refractivity contribution is 6.30. The molecule has 2 aromatic rings. The molecule has 0 unspecified atom stereocenters. The molecule has 0 spiro atoms. The minimum absolute atomic E-state index is 0.0641. The lowest BCUT2D eigenvalue weighted by molar-refractivity contribution is -0.117. The number of para-hydroxylation sites is 1. The summed E-state index contributed by atoms with van der Waals surface area (Å²) in [6, 6.07) is 16.0. The van der Waals surface area contributed by atoms with Gasteiger partial charge < -0.3 is 5.32 Å². The monoisotopic (exact) mass is 371 g/mol. The summed E-state index contributed by atoms with van der Waals surface area (Å²) < 4.78 is 0. The normalized spacial score (nSPS) is 15.8. The van der Waals surface area contributed by atoms with E-state index in [9.17, 15) is 4.79 Å². The van der Waals surface area contributed by atoms with E-state index in [4.69, 9.17) is 11.6 Å². The van der Waals surface area contributed by atoms with E-state index in [-0.39, 0.29) is 5.91 Å². The Morgan fingerprint density at radius 1 is 1.04 bits per heavy atom. The number of aryl methyl sites for hydroxylation is 1. The zero-order valence-electron chi connectivity index (χ0n) is 15.2. The van der Waals surface area contributed by atoms with Crippen LogP contribution in [-0.4, -0.2) is 48.4 Å². The number of halogens is 1. The molecule has 1 heterocycles. The molecule has 3 rings (SSSR count). The first-order chi connectivity index (χ1) is 12.6. The van der Waals surface area contributed by atoms with Gasteiger partial charge in [-0.15, -0.1) is 0 Å². The second-order valence-electron chi connectivity index (χ2n) is 6.74. The standard InChI is InChI=1S/C21H26ClN3O/c1-2-18-7-3-4-9-20(18)23-21(26)16-25-12-10-24(11-13-25)15-17-6-5-8-19(22)14-17/h3-9,14H,2,10-13,15-16H2,1H3,(H,23,26). The lowest BCUT2D eigenvalue weighted by atomic mass is 10.1. The Labute approximate surface area is 160 Å². The van der Waals surface area contributed by atoms with Crippen LogP contribution in [0.5, 0.6) is 0 Å². The van der Waals surface area contributed by atoms with Gasteiger partial charge in [-0.2, -0.15) is 0 Å². The first-order valence-corrected chi connectivity index (χ1v) is 9.58. The van der Waals surface area contributed by atoms with E-state index in [1.807, 2.05) is 36.4 Å². The fourth-order valence-electron chi connectivity index (χ4n) is 3.34. The van der Waals surface area contributed by atoms with Crippen LogP contribution < -0.4 is 5.32 Å². The van der Waals surface area contributed by atoms with E-state index >= 15 is 0 Å². The zero-order chi connectivity index (χ0) is 18.4. The molecule has 2 aromatic carbocycles. The summed E-state index contributed by atoms with van der Waals surface area (Å²) in [6.45, 7) is 7.20. The van der Waals surface area contributed by atoms with Crippen molar-refractivity contribution in [3.05, 3.63) is 64.7 Å². The van der Waals surface area contributed by atoms with Crippen LogP contribution in [-0.2, 0) is 17.8 Å². The number of anilines is 1. The van der Waals surface area contributed by atoms with E-state index in [0.717, 1.165) is 49.9 Å². The van der Waals surface area contributed by atoms with Crippen molar-refractivity contribution in [3.8, 4) is 0 Å². The van der Waals surface area contributed by atoms with Gasteiger partial charge in [0.15, 0.2) is 0 Å². The molecule has 5 heteroatoms. The van der Waals surface area contributed by atoms with E-state index < -0.39 is 0 Å². The molecule has 0 aliphatic carbocycles. The SMILES string of the molecule is CCc1ccccc1NC(=O)CN1CCN(Cc2cccc(Cl)c2)CC1. The molecule has 138 valence electrons. The lowest BCUT2D eigenvalue weighted by Gasteiger charge is -2.34. The fraction of sp³-hybridized carbons (Fsp3) is 0.381. The van der Waals surface area contributed by atoms with Gasteiger partial charge in [0.2, 0.25) is 5.91 Å². The van der Waals surface area contributed by atoms with Crippen molar-refractivity contribution in [1.29, 1.82) is 0 Å². The van der Waals surface area contributed by atoms with Gasteiger partial charge >= 0.3 is 0 Å². The summed E-state index contributed by atoms with van der Waals surface area (Å²) in [4.78, 5) is 17.0. The first-order valence-electron chi connectivity index (χ1n) is 9.21. The van der Waals surface area contributed by atoms with Crippen molar-refractivity contribution in [2.45, 2.75) is 19.9 Å². The van der Waals surface area contributed by atoms with Crippen molar-refractivity contribution in [2.24, 2.45) is 0 Å². The molecule has 0 atom stereocenters. The van der Waals surface area contributed by atoms with Crippen molar-refractivity contribution >= 4 is 23.2 Å². The van der Waals surface area contributed by atoms with E-state index in [1.54, 1.807) is 0 Å². The smallest absolute Gasteiger partial charge is 0.238 e. The van der Waals surface area contributed by atoms with Gasteiger partial charge in [-0.25, -0.2) is 0 Å². The second kappa shape index (κ2) is 9.17. The van der Waals surface area contributed by atoms with Crippen LogP contribution in [0.15, 0.2) is 48.5 Å². The second-order valence-corrected chi connectivity index (χ2v) is 7.18. The molecule has 26 heavy (non-hydrogen) atoms. The number of carbonyl (C=O) groups excluding carboxylic acids is 1. The molecule has 1 fully saturated rings. The number of hydrogen-bond acceptors (Lipinski definition) is 3. The Bertz CT molecular complexity index is 742. The summed E-state index contributed by atoms with van der Waals surface area (Å²) in [7, 11) is 0. The van der Waals surface area contributed by atoms with E-state index in [2.05, 4.69) is 34.2 Å². The Balaban J connectivity index is 1.45. The molecular formula is C21H26ClN3O. The minimum atomic E-state index is 0.0641. The van der Waals surface area contributed by atoms with E-state index in [1.165, 1.54) is 11.1 Å². The third-order valence-corrected chi connectivity index (χ3v) is 5.03. The number of nitrogens with zero attached hydrogens (tertiary/aromatic N) is 2. The van der Waals surface area contributed by atoms with Crippen LogP contribution >= 0.6 is 11.6 Å². The summed E-state index contributed by atoms with van der Waals surface area (Å²) in [5, 5.41) is 3.84. The zero-order valence-corrected chi connectivity index (χ0v) is 16.0. The summed E-state index contributed by atoms with van der Waals surface area (Å²) in [6.07, 6.45) is 0.915. The Morgan fingerprint density at radius 3 is 2.50 bits per heavy atom. The van der Waals surface area contributed by atoms with Gasteiger partial charge in [-0.3, -0.25) is 14.6 Å². The molecule has 1 aliphatic rings. The van der Waals surface area contributed by atoms with Gasteiger partial charge in [0.1, 0.15) is 0 Å². The summed E-state index contributed by atoms with van der Waals surface area (Å²) in [5.41, 5.74) is 3.34. The average molecular weight is 372 g/mol. The number of benzene rings is 2. The van der Waals surface area contributed by atoms with Gasteiger partial charge in [0.25, 0.3) is 0 Å². The molecule has 1 aliphatic heterocycles. The van der Waals surface area contributed by atoms with Crippen LogP contribution in [0.25, 0.3) is 0 Å². The Kier molecular flexibility index (Phi) is 6.67. The predicted molar refractivity (Wildman–Crippen MR) is 108 cm³/mol. The number of amides is 1. The van der Waals surface area contributed by atoms with Gasteiger partial charge in [0, 0.05) is 43.4 Å². The number of piperazine rings is 1. The van der Waals surface area contributed by atoms with E-state index in [0.29, 0.717) is 6.54 Å². The summed E-state index contributed by atoms with van der Waals surface area (Å²) >= 11 is 6.06. The highest BCUT2D eigenvalue weighted by Gasteiger charge is 2.19. The van der Waals surface area contributed by atoms with Crippen LogP contribution in [0.1, 0.15) is 18.1 Å². The number of carbonyl (C=O) groups is 1. The predicted octanol–water partition coefficient (Wildman–Crippen LogP) is 3.66. The molecule has 1 N–H and O–H groups in total. The third-order valence-electron chi connectivity index (χ3n) is 4.80. The topological polar surface area (TPSA) is 35.6 Å². The van der Waals surface area contributed by atoms with Crippen LogP contribution in [0.4, 0.5) is 5.69 Å². The molecule has 4 nitrogen and oxygen atoms in total. The van der Waals surface area contributed by atoms with Crippen LogP contribution in [0, 0.1) is 0 Å². The highest BCUT2D eigenvalue weighted by atomic mass is 35.5. The van der Waals surface area contributed by atoms with Crippen molar-refractivity contribution < 1.29 is 4.79 Å². The summed E-state index contributed by atoms with van der Waals surface area (Å²) in [5.74, 6) is 0.0641.